The predicted molar refractivity (Wildman–Crippen MR) is 75.0 cm³/mol. The predicted octanol–water partition coefficient (Wildman–Crippen LogP) is 2.96. The van der Waals surface area contributed by atoms with Gasteiger partial charge >= 0.3 is 12.0 Å². The molecule has 0 radical (unpaired) electrons. The summed E-state index contributed by atoms with van der Waals surface area (Å²) in [5.74, 6) is -1.78. The van der Waals surface area contributed by atoms with Gasteiger partial charge in [-0.1, -0.05) is 15.9 Å². The maximum Gasteiger partial charge on any atom is 0.319 e. The van der Waals surface area contributed by atoms with E-state index in [0.717, 1.165) is 0 Å². The fraction of sp³-hybridized carbons (Fsp3) is 0.385. The Balaban J connectivity index is 1.90. The third kappa shape index (κ3) is 3.69. The molecule has 1 aliphatic rings. The molecule has 1 aromatic rings. The monoisotopic (exact) mass is 344 g/mol. The van der Waals surface area contributed by atoms with Crippen LogP contribution in [0, 0.1) is 11.7 Å². The Hall–Kier alpha value is -1.63. The summed E-state index contributed by atoms with van der Waals surface area (Å²) in [5.41, 5.74) is 0.0738. The second-order valence-electron chi connectivity index (χ2n) is 4.77. The van der Waals surface area contributed by atoms with Gasteiger partial charge in [-0.25, -0.2) is 9.18 Å². The van der Waals surface area contributed by atoms with Crippen molar-refractivity contribution in [3.63, 3.8) is 0 Å². The summed E-state index contributed by atoms with van der Waals surface area (Å²) in [7, 11) is 0. The number of anilines is 1. The van der Waals surface area contributed by atoms with Gasteiger partial charge in [0.05, 0.1) is 11.6 Å². The van der Waals surface area contributed by atoms with Crippen LogP contribution in [0.1, 0.15) is 19.3 Å². The lowest BCUT2D eigenvalue weighted by atomic mass is 10.1. The number of carboxylic acid groups (broad SMARTS) is 1. The smallest absolute Gasteiger partial charge is 0.319 e. The highest BCUT2D eigenvalue weighted by Gasteiger charge is 2.30. The number of benzene rings is 1. The van der Waals surface area contributed by atoms with E-state index in [1.54, 1.807) is 0 Å². The first-order valence-electron chi connectivity index (χ1n) is 6.21. The second-order valence-corrected chi connectivity index (χ2v) is 5.68. The number of carbonyl (C=O) groups is 2. The molecule has 0 saturated heterocycles. The van der Waals surface area contributed by atoms with E-state index in [0.29, 0.717) is 23.7 Å². The third-order valence-electron chi connectivity index (χ3n) is 3.29. The maximum absolute atomic E-state index is 13.5. The number of nitrogens with one attached hydrogen (secondary N) is 2. The van der Waals surface area contributed by atoms with E-state index in [2.05, 4.69) is 26.6 Å². The van der Waals surface area contributed by atoms with E-state index in [-0.39, 0.29) is 11.7 Å². The fourth-order valence-corrected chi connectivity index (χ4v) is 2.64. The Bertz CT molecular complexity index is 538. The van der Waals surface area contributed by atoms with Crippen LogP contribution in [-0.4, -0.2) is 23.1 Å². The largest absolute Gasteiger partial charge is 0.481 e. The van der Waals surface area contributed by atoms with Gasteiger partial charge in [0.2, 0.25) is 0 Å². The van der Waals surface area contributed by atoms with Crippen molar-refractivity contribution >= 4 is 33.6 Å². The number of halogens is 2. The molecule has 2 unspecified atom stereocenters. The lowest BCUT2D eigenvalue weighted by Gasteiger charge is -2.14. The molecule has 0 spiro atoms. The summed E-state index contributed by atoms with van der Waals surface area (Å²) in [6.45, 7) is 0. The van der Waals surface area contributed by atoms with Crippen molar-refractivity contribution in [2.45, 2.75) is 25.3 Å². The summed E-state index contributed by atoms with van der Waals surface area (Å²) in [4.78, 5) is 22.6. The van der Waals surface area contributed by atoms with E-state index in [4.69, 9.17) is 5.11 Å². The number of carbonyl (C=O) groups excluding carboxylic acids is 1. The molecule has 7 heteroatoms. The van der Waals surface area contributed by atoms with Gasteiger partial charge < -0.3 is 15.7 Å². The molecule has 0 heterocycles. The average Bonchev–Trinajstić information content (AvgIpc) is 2.82. The molecule has 1 aliphatic carbocycles. The van der Waals surface area contributed by atoms with Gasteiger partial charge in [0, 0.05) is 10.5 Å². The molecule has 2 amide bonds. The zero-order valence-electron chi connectivity index (χ0n) is 10.5. The molecule has 1 fully saturated rings. The molecular formula is C13H14BrFN2O3. The van der Waals surface area contributed by atoms with Gasteiger partial charge in [-0.15, -0.1) is 0 Å². The first kappa shape index (κ1) is 14.8. The van der Waals surface area contributed by atoms with Crippen molar-refractivity contribution in [1.29, 1.82) is 0 Å². The minimum atomic E-state index is -0.840. The molecule has 20 heavy (non-hydrogen) atoms. The van der Waals surface area contributed by atoms with Gasteiger partial charge in [-0.3, -0.25) is 4.79 Å². The second kappa shape index (κ2) is 6.21. The Kier molecular flexibility index (Phi) is 4.59. The summed E-state index contributed by atoms with van der Waals surface area (Å²) >= 11 is 3.19. The molecule has 2 rings (SSSR count). The average molecular weight is 345 g/mol. The minimum Gasteiger partial charge on any atom is -0.481 e. The van der Waals surface area contributed by atoms with Gasteiger partial charge in [-0.2, -0.15) is 0 Å². The van der Waals surface area contributed by atoms with Crippen LogP contribution in [0.15, 0.2) is 22.7 Å². The van der Waals surface area contributed by atoms with Crippen molar-refractivity contribution in [2.75, 3.05) is 5.32 Å². The highest BCUT2D eigenvalue weighted by molar-refractivity contribution is 9.10. The number of carboxylic acids is 1. The Labute approximate surface area is 123 Å². The molecule has 0 aliphatic heterocycles. The molecule has 108 valence electrons. The first-order chi connectivity index (χ1) is 9.45. The number of hydrogen-bond donors (Lipinski definition) is 3. The summed E-state index contributed by atoms with van der Waals surface area (Å²) in [6, 6.07) is 3.52. The highest BCUT2D eigenvalue weighted by Crippen LogP contribution is 2.26. The van der Waals surface area contributed by atoms with Gasteiger partial charge in [-0.05, 0) is 37.5 Å². The van der Waals surface area contributed by atoms with Crippen molar-refractivity contribution in [1.82, 2.24) is 5.32 Å². The van der Waals surface area contributed by atoms with Crippen LogP contribution >= 0.6 is 15.9 Å². The van der Waals surface area contributed by atoms with Crippen LogP contribution in [0.25, 0.3) is 0 Å². The summed E-state index contributed by atoms with van der Waals surface area (Å²) in [6.07, 6.45) is 1.57. The van der Waals surface area contributed by atoms with E-state index in [1.807, 2.05) is 0 Å². The fourth-order valence-electron chi connectivity index (χ4n) is 2.27. The van der Waals surface area contributed by atoms with E-state index < -0.39 is 23.7 Å². The van der Waals surface area contributed by atoms with Crippen LogP contribution in [0.4, 0.5) is 14.9 Å². The number of aliphatic carboxylic acids is 1. The van der Waals surface area contributed by atoms with Crippen LogP contribution in [0.2, 0.25) is 0 Å². The molecule has 3 N–H and O–H groups in total. The molecule has 0 aromatic heterocycles. The van der Waals surface area contributed by atoms with Crippen molar-refractivity contribution in [3.05, 3.63) is 28.5 Å². The Morgan fingerprint density at radius 1 is 1.35 bits per heavy atom. The number of urea groups is 1. The van der Waals surface area contributed by atoms with Gasteiger partial charge in [0.15, 0.2) is 0 Å². The van der Waals surface area contributed by atoms with Crippen molar-refractivity contribution in [2.24, 2.45) is 5.92 Å². The van der Waals surface area contributed by atoms with Crippen molar-refractivity contribution < 1.29 is 19.1 Å². The zero-order valence-corrected chi connectivity index (χ0v) is 12.1. The highest BCUT2D eigenvalue weighted by atomic mass is 79.9. The van der Waals surface area contributed by atoms with E-state index in [1.165, 1.54) is 18.2 Å². The topological polar surface area (TPSA) is 78.4 Å². The normalized spacial score (nSPS) is 21.5. The maximum atomic E-state index is 13.5. The molecule has 1 saturated carbocycles. The Morgan fingerprint density at radius 3 is 2.75 bits per heavy atom. The SMILES string of the molecule is O=C(Nc1cc(Br)ccc1F)NC1CCC(C(=O)O)C1. The van der Waals surface area contributed by atoms with Gasteiger partial charge in [0.1, 0.15) is 5.82 Å². The lowest BCUT2D eigenvalue weighted by molar-refractivity contribution is -0.141. The number of amides is 2. The third-order valence-corrected chi connectivity index (χ3v) is 3.79. The van der Waals surface area contributed by atoms with Crippen molar-refractivity contribution in [3.8, 4) is 0 Å². The quantitative estimate of drug-likeness (QED) is 0.788. The van der Waals surface area contributed by atoms with Crippen LogP contribution in [-0.2, 0) is 4.79 Å². The standard InChI is InChI=1S/C13H14BrFN2O3/c14-8-2-4-10(15)11(6-8)17-13(20)16-9-3-1-7(5-9)12(18)19/h2,4,6-7,9H,1,3,5H2,(H,18,19)(H2,16,17,20). The molecule has 0 bridgehead atoms. The molecule has 1 aromatic carbocycles. The minimum absolute atomic E-state index is 0.0738. The van der Waals surface area contributed by atoms with Gasteiger partial charge in [0.25, 0.3) is 0 Å². The molecular weight excluding hydrogens is 331 g/mol. The van der Waals surface area contributed by atoms with E-state index in [9.17, 15) is 14.0 Å². The summed E-state index contributed by atoms with van der Waals surface area (Å²) in [5, 5.41) is 14.0. The summed E-state index contributed by atoms with van der Waals surface area (Å²) < 4.78 is 14.1. The Morgan fingerprint density at radius 2 is 2.10 bits per heavy atom. The lowest BCUT2D eigenvalue weighted by Crippen LogP contribution is -2.36. The van der Waals surface area contributed by atoms with E-state index >= 15 is 0 Å². The number of rotatable bonds is 3. The van der Waals surface area contributed by atoms with Crippen LogP contribution in [0.5, 0.6) is 0 Å². The van der Waals surface area contributed by atoms with Crippen LogP contribution in [0.3, 0.4) is 0 Å². The van der Waals surface area contributed by atoms with Crippen LogP contribution < -0.4 is 10.6 Å². The number of hydrogen-bond acceptors (Lipinski definition) is 2. The molecule has 2 atom stereocenters. The first-order valence-corrected chi connectivity index (χ1v) is 7.00. The molecule has 5 nitrogen and oxygen atoms in total. The zero-order chi connectivity index (χ0) is 14.7.